The van der Waals surface area contributed by atoms with Gasteiger partial charge in [0, 0.05) is 16.8 Å². The molecule has 4 rings (SSSR count). The molecular formula is C19H14ClN7O2. The largest absolute Gasteiger partial charge is 0.480 e. The molecule has 2 aromatic heterocycles. The van der Waals surface area contributed by atoms with Gasteiger partial charge >= 0.3 is 5.97 Å². The van der Waals surface area contributed by atoms with Crippen LogP contribution in [0.25, 0.3) is 28.3 Å². The number of carboxylic acid groups (broad SMARTS) is 1. The van der Waals surface area contributed by atoms with E-state index in [1.807, 2.05) is 30.3 Å². The smallest absolute Gasteiger partial charge is 0.322 e. The van der Waals surface area contributed by atoms with E-state index in [4.69, 9.17) is 16.7 Å². The predicted octanol–water partition coefficient (Wildman–Crippen LogP) is 2.94. The molecule has 4 aromatic rings. The molecule has 9 nitrogen and oxygen atoms in total. The van der Waals surface area contributed by atoms with E-state index in [0.29, 0.717) is 22.1 Å². The van der Waals surface area contributed by atoms with E-state index in [1.165, 1.54) is 0 Å². The lowest BCUT2D eigenvalue weighted by atomic mass is 10.1. The molecule has 0 spiro atoms. The molecule has 144 valence electrons. The van der Waals surface area contributed by atoms with Gasteiger partial charge in [-0.15, -0.1) is 5.10 Å². The van der Waals surface area contributed by atoms with Crippen LogP contribution in [0, 0.1) is 0 Å². The maximum absolute atomic E-state index is 10.8. The van der Waals surface area contributed by atoms with Gasteiger partial charge < -0.3 is 10.4 Å². The lowest BCUT2D eigenvalue weighted by Crippen LogP contribution is -2.14. The van der Waals surface area contributed by atoms with Crippen molar-refractivity contribution in [2.75, 3.05) is 11.9 Å². The average molecular weight is 408 g/mol. The zero-order chi connectivity index (χ0) is 20.2. The monoisotopic (exact) mass is 407 g/mol. The highest BCUT2D eigenvalue weighted by Gasteiger charge is 2.18. The van der Waals surface area contributed by atoms with E-state index in [-0.39, 0.29) is 12.5 Å². The maximum Gasteiger partial charge on any atom is 0.322 e. The van der Waals surface area contributed by atoms with Crippen LogP contribution >= 0.6 is 11.6 Å². The van der Waals surface area contributed by atoms with Gasteiger partial charge in [-0.2, -0.15) is 4.68 Å². The van der Waals surface area contributed by atoms with Crippen molar-refractivity contribution in [3.63, 3.8) is 0 Å². The van der Waals surface area contributed by atoms with Gasteiger partial charge in [0.15, 0.2) is 5.82 Å². The summed E-state index contributed by atoms with van der Waals surface area (Å²) in [6.07, 6.45) is 1.57. The molecule has 0 atom stereocenters. The van der Waals surface area contributed by atoms with Crippen LogP contribution in [0.2, 0.25) is 5.02 Å². The number of benzene rings is 2. The normalized spacial score (nSPS) is 10.7. The molecule has 29 heavy (non-hydrogen) atoms. The van der Waals surface area contributed by atoms with Crippen molar-refractivity contribution in [2.24, 2.45) is 0 Å². The molecule has 0 radical (unpaired) electrons. The first kappa shape index (κ1) is 18.5. The van der Waals surface area contributed by atoms with Crippen molar-refractivity contribution < 1.29 is 9.90 Å². The molecular weight excluding hydrogens is 394 g/mol. The van der Waals surface area contributed by atoms with Crippen molar-refractivity contribution in [3.05, 3.63) is 65.8 Å². The molecule has 2 N–H and O–H groups in total. The van der Waals surface area contributed by atoms with E-state index in [0.717, 1.165) is 11.3 Å². The van der Waals surface area contributed by atoms with Crippen molar-refractivity contribution in [2.45, 2.75) is 0 Å². The lowest BCUT2D eigenvalue weighted by Gasteiger charge is -2.11. The topological polar surface area (TPSA) is 119 Å². The van der Waals surface area contributed by atoms with Gasteiger partial charge in [0.05, 0.1) is 16.9 Å². The van der Waals surface area contributed by atoms with Crippen LogP contribution in [0.5, 0.6) is 0 Å². The molecule has 2 aromatic carbocycles. The van der Waals surface area contributed by atoms with Gasteiger partial charge in [-0.3, -0.25) is 4.79 Å². The first-order valence-corrected chi connectivity index (χ1v) is 8.92. The number of anilines is 1. The molecule has 0 unspecified atom stereocenters. The van der Waals surface area contributed by atoms with Gasteiger partial charge in [-0.1, -0.05) is 41.9 Å². The summed E-state index contributed by atoms with van der Waals surface area (Å²) in [5.74, 6) is -0.373. The van der Waals surface area contributed by atoms with Crippen molar-refractivity contribution in [1.29, 1.82) is 0 Å². The van der Waals surface area contributed by atoms with E-state index < -0.39 is 5.97 Å². The zero-order valence-electron chi connectivity index (χ0n) is 14.9. The fraction of sp³-hybridized carbons (Fsp3) is 0.0526. The van der Waals surface area contributed by atoms with Crippen LogP contribution in [-0.4, -0.2) is 47.8 Å². The van der Waals surface area contributed by atoms with Gasteiger partial charge in [0.25, 0.3) is 0 Å². The van der Waals surface area contributed by atoms with E-state index in [2.05, 4.69) is 30.8 Å². The van der Waals surface area contributed by atoms with Gasteiger partial charge in [0.1, 0.15) is 6.54 Å². The molecule has 0 saturated carbocycles. The number of aromatic nitrogens is 6. The maximum atomic E-state index is 10.8. The third kappa shape index (κ3) is 4.04. The number of tetrazole rings is 1. The minimum atomic E-state index is -1.01. The summed E-state index contributed by atoms with van der Waals surface area (Å²) in [6, 6.07) is 16.5. The highest BCUT2D eigenvalue weighted by Crippen LogP contribution is 2.30. The Hall–Kier alpha value is -3.85. The van der Waals surface area contributed by atoms with Crippen LogP contribution in [0.3, 0.4) is 0 Å². The molecule has 0 amide bonds. The van der Waals surface area contributed by atoms with E-state index >= 15 is 0 Å². The number of hydrogen-bond donors (Lipinski definition) is 2. The summed E-state index contributed by atoms with van der Waals surface area (Å²) in [6.45, 7) is -0.296. The molecule has 2 heterocycles. The number of halogens is 1. The van der Waals surface area contributed by atoms with Crippen molar-refractivity contribution in [3.8, 4) is 28.3 Å². The van der Waals surface area contributed by atoms with Crippen LogP contribution in [-0.2, 0) is 4.79 Å². The first-order valence-electron chi connectivity index (χ1n) is 8.54. The Labute approximate surface area is 170 Å². The van der Waals surface area contributed by atoms with E-state index in [1.54, 1.807) is 35.1 Å². The molecule has 0 aliphatic rings. The molecule has 0 bridgehead atoms. The van der Waals surface area contributed by atoms with Crippen LogP contribution in [0.4, 0.5) is 5.95 Å². The number of aliphatic carboxylic acids is 1. The summed E-state index contributed by atoms with van der Waals surface area (Å²) >= 11 is 5.97. The summed E-state index contributed by atoms with van der Waals surface area (Å²) in [5, 5.41) is 24.2. The predicted molar refractivity (Wildman–Crippen MR) is 107 cm³/mol. The van der Waals surface area contributed by atoms with Crippen molar-refractivity contribution in [1.82, 2.24) is 30.2 Å². The van der Waals surface area contributed by atoms with Gasteiger partial charge in [0.2, 0.25) is 5.95 Å². The fourth-order valence-corrected chi connectivity index (χ4v) is 2.84. The second-order valence-corrected chi connectivity index (χ2v) is 6.40. The Kier molecular flexibility index (Phi) is 5.12. The third-order valence-corrected chi connectivity index (χ3v) is 4.27. The molecule has 10 heteroatoms. The van der Waals surface area contributed by atoms with E-state index in [9.17, 15) is 4.79 Å². The Balaban J connectivity index is 1.83. The quantitative estimate of drug-likeness (QED) is 0.500. The Morgan fingerprint density at radius 3 is 2.59 bits per heavy atom. The second-order valence-electron chi connectivity index (χ2n) is 5.96. The lowest BCUT2D eigenvalue weighted by molar-refractivity contribution is -0.134. The fourth-order valence-electron chi connectivity index (χ4n) is 2.71. The third-order valence-electron chi connectivity index (χ3n) is 4.02. The minimum Gasteiger partial charge on any atom is -0.480 e. The molecule has 0 fully saturated rings. The molecule has 0 saturated heterocycles. The number of nitrogens with zero attached hydrogens (tertiary/aromatic N) is 6. The van der Waals surface area contributed by atoms with Crippen molar-refractivity contribution >= 4 is 23.5 Å². The van der Waals surface area contributed by atoms with Gasteiger partial charge in [-0.25, -0.2) is 9.97 Å². The van der Waals surface area contributed by atoms with Crippen LogP contribution < -0.4 is 5.32 Å². The number of rotatable bonds is 6. The Bertz CT molecular complexity index is 1150. The Morgan fingerprint density at radius 1 is 1.10 bits per heavy atom. The standard InChI is InChI=1S/C19H14ClN7O2/c20-13-6-8-14(9-7-13)27-18(24-25-26-27)15-10-21-19(22-11-16(28)29)23-17(15)12-4-2-1-3-5-12/h1-10H,11H2,(H,28,29)(H,21,22,23). The van der Waals surface area contributed by atoms with Crippen LogP contribution in [0.15, 0.2) is 60.8 Å². The first-order chi connectivity index (χ1) is 14.1. The Morgan fingerprint density at radius 2 is 1.86 bits per heavy atom. The number of nitrogens with one attached hydrogen (secondary N) is 1. The molecule has 0 aliphatic carbocycles. The average Bonchev–Trinajstić information content (AvgIpc) is 3.23. The SMILES string of the molecule is O=C(O)CNc1ncc(-c2nnnn2-c2ccc(Cl)cc2)c(-c2ccccc2)n1. The summed E-state index contributed by atoms with van der Waals surface area (Å²) in [4.78, 5) is 19.6. The molecule has 0 aliphatic heterocycles. The summed E-state index contributed by atoms with van der Waals surface area (Å²) in [7, 11) is 0. The number of carbonyl (C=O) groups is 1. The summed E-state index contributed by atoms with van der Waals surface area (Å²) < 4.78 is 1.56. The highest BCUT2D eigenvalue weighted by atomic mass is 35.5. The van der Waals surface area contributed by atoms with Gasteiger partial charge in [-0.05, 0) is 34.7 Å². The second kappa shape index (κ2) is 8.03. The number of carboxylic acids is 1. The van der Waals surface area contributed by atoms with Crippen LogP contribution in [0.1, 0.15) is 0 Å². The highest BCUT2D eigenvalue weighted by molar-refractivity contribution is 6.30. The summed E-state index contributed by atoms with van der Waals surface area (Å²) in [5.41, 5.74) is 2.70. The zero-order valence-corrected chi connectivity index (χ0v) is 15.7. The number of hydrogen-bond acceptors (Lipinski definition) is 7. The minimum absolute atomic E-state index is 0.195.